The number of carbonyl (C=O) groups excluding carboxylic acids is 3. The molecule has 1 saturated heterocycles. The van der Waals surface area contributed by atoms with Gasteiger partial charge in [-0.25, -0.2) is 4.79 Å². The third kappa shape index (κ3) is 4.21. The number of ether oxygens (including phenoxy) is 7. The lowest BCUT2D eigenvalue weighted by atomic mass is 9.42. The Morgan fingerprint density at radius 1 is 0.918 bits per heavy atom. The zero-order valence-electron chi connectivity index (χ0n) is 29.2. The van der Waals surface area contributed by atoms with E-state index in [-0.39, 0.29) is 24.6 Å². The fraction of sp³-hybridized carbons (Fsp3) is 0.750. The summed E-state index contributed by atoms with van der Waals surface area (Å²) in [6.07, 6.45) is -5.45. The van der Waals surface area contributed by atoms with Gasteiger partial charge in [-0.05, 0) is 31.0 Å². The summed E-state index contributed by atoms with van der Waals surface area (Å²) in [5, 5.41) is 25.5. The average Bonchev–Trinajstić information content (AvgIpc) is 3.44. The van der Waals surface area contributed by atoms with E-state index in [1.165, 1.54) is 21.0 Å². The molecule has 9 unspecified atom stereocenters. The predicted molar refractivity (Wildman–Crippen MR) is 170 cm³/mol. The van der Waals surface area contributed by atoms with Crippen LogP contribution >= 0.6 is 0 Å². The summed E-state index contributed by atoms with van der Waals surface area (Å²) in [6, 6.07) is 8.12. The van der Waals surface area contributed by atoms with Gasteiger partial charge >= 0.3 is 17.9 Å². The second-order valence-corrected chi connectivity index (χ2v) is 15.0. The van der Waals surface area contributed by atoms with Crippen molar-refractivity contribution >= 4 is 17.9 Å². The summed E-state index contributed by atoms with van der Waals surface area (Å²) in [6.45, 7) is 5.99. The van der Waals surface area contributed by atoms with E-state index in [4.69, 9.17) is 33.2 Å². The highest BCUT2D eigenvalue weighted by Gasteiger charge is 2.92. The Hall–Kier alpha value is -2.65. The third-order valence-electron chi connectivity index (χ3n) is 13.4. The van der Waals surface area contributed by atoms with E-state index in [9.17, 15) is 24.6 Å². The summed E-state index contributed by atoms with van der Waals surface area (Å²) < 4.78 is 43.9. The predicted octanol–water partition coefficient (Wildman–Crippen LogP) is 1.22. The van der Waals surface area contributed by atoms with Crippen molar-refractivity contribution in [3.63, 3.8) is 0 Å². The van der Waals surface area contributed by atoms with Gasteiger partial charge in [-0.15, -0.1) is 0 Å². The number of hydrogen-bond donors (Lipinski definition) is 2. The maximum atomic E-state index is 13.8. The van der Waals surface area contributed by atoms with Crippen LogP contribution in [0.1, 0.15) is 44.0 Å². The van der Waals surface area contributed by atoms with Gasteiger partial charge in [-0.1, -0.05) is 25.1 Å². The SMILES string of the molecule is CCN1CC2(COC)C(OC(C)=O)CC(OC)C34[C@@H]5C[C@@]6(O)C(OC)C(O)[C@](OC(C)=O)(C(C(OC)[C@H]23)[C@@H]14)[C@H]5C6OC(=O)c1ccccc1. The van der Waals surface area contributed by atoms with Gasteiger partial charge in [0.1, 0.15) is 30.0 Å². The van der Waals surface area contributed by atoms with Crippen LogP contribution in [-0.2, 0) is 42.7 Å². The summed E-state index contributed by atoms with van der Waals surface area (Å²) >= 11 is 0. The van der Waals surface area contributed by atoms with Gasteiger partial charge in [0.15, 0.2) is 5.60 Å². The number of fused-ring (bicyclic) bond motifs is 2. The molecular weight excluding hydrogens is 638 g/mol. The molecule has 0 aromatic heterocycles. The molecule has 5 saturated carbocycles. The Kier molecular flexibility index (Phi) is 8.49. The molecule has 2 N–H and O–H groups in total. The van der Waals surface area contributed by atoms with Crippen LogP contribution in [0.5, 0.6) is 0 Å². The zero-order chi connectivity index (χ0) is 35.3. The first-order valence-corrected chi connectivity index (χ1v) is 17.2. The van der Waals surface area contributed by atoms with E-state index >= 15 is 0 Å². The van der Waals surface area contributed by atoms with Crippen molar-refractivity contribution in [3.8, 4) is 0 Å². The van der Waals surface area contributed by atoms with Crippen LogP contribution in [0, 0.1) is 34.5 Å². The lowest BCUT2D eigenvalue weighted by Crippen LogP contribution is -2.81. The number of nitrogens with zero attached hydrogens (tertiary/aromatic N) is 1. The summed E-state index contributed by atoms with van der Waals surface area (Å²) in [5.41, 5.74) is -4.92. The molecule has 0 radical (unpaired) electrons. The van der Waals surface area contributed by atoms with Crippen LogP contribution < -0.4 is 0 Å². The molecule has 15 atom stereocenters. The molecule has 5 aliphatic carbocycles. The maximum absolute atomic E-state index is 13.8. The number of aliphatic hydroxyl groups excluding tert-OH is 1. The molecular formula is C36H49NO12. The van der Waals surface area contributed by atoms with Gasteiger partial charge in [0.25, 0.3) is 0 Å². The normalized spacial score (nSPS) is 47.4. The number of benzene rings is 1. The number of carbonyl (C=O) groups is 3. The van der Waals surface area contributed by atoms with Crippen molar-refractivity contribution in [2.24, 2.45) is 34.5 Å². The van der Waals surface area contributed by atoms with Crippen LogP contribution in [0.15, 0.2) is 30.3 Å². The van der Waals surface area contributed by atoms with Crippen molar-refractivity contribution in [1.82, 2.24) is 4.90 Å². The second kappa shape index (κ2) is 12.0. The van der Waals surface area contributed by atoms with Crippen LogP contribution in [-0.4, -0.2) is 135 Å². The van der Waals surface area contributed by atoms with Gasteiger partial charge in [-0.2, -0.15) is 0 Å². The highest BCUT2D eigenvalue weighted by atomic mass is 16.6. The summed E-state index contributed by atoms with van der Waals surface area (Å²) in [7, 11) is 6.25. The van der Waals surface area contributed by atoms with Crippen molar-refractivity contribution in [2.75, 3.05) is 48.1 Å². The molecule has 1 heterocycles. The first-order valence-electron chi connectivity index (χ1n) is 17.2. The van der Waals surface area contributed by atoms with E-state index in [1.807, 2.05) is 6.92 Å². The smallest absolute Gasteiger partial charge is 0.338 e. The van der Waals surface area contributed by atoms with E-state index in [1.54, 1.807) is 51.7 Å². The Bertz CT molecular complexity index is 1480. The lowest BCUT2D eigenvalue weighted by molar-refractivity contribution is -0.322. The van der Waals surface area contributed by atoms with Crippen LogP contribution in [0.3, 0.4) is 0 Å². The Morgan fingerprint density at radius 3 is 2.20 bits per heavy atom. The number of methoxy groups -OCH3 is 4. The minimum absolute atomic E-state index is 0.0534. The Balaban J connectivity index is 1.53. The number of likely N-dealkylation sites (tertiary alicyclic amines) is 1. The van der Waals surface area contributed by atoms with Gasteiger partial charge in [0, 0.05) is 89.9 Å². The van der Waals surface area contributed by atoms with Crippen LogP contribution in [0.25, 0.3) is 0 Å². The first kappa shape index (κ1) is 34.8. The molecule has 7 bridgehead atoms. The quantitative estimate of drug-likeness (QED) is 0.267. The fourth-order valence-corrected chi connectivity index (χ4v) is 12.7. The molecule has 49 heavy (non-hydrogen) atoms. The van der Waals surface area contributed by atoms with Crippen molar-refractivity contribution in [1.29, 1.82) is 0 Å². The van der Waals surface area contributed by atoms with Crippen LogP contribution in [0.4, 0.5) is 0 Å². The second-order valence-electron chi connectivity index (χ2n) is 15.0. The molecule has 13 nitrogen and oxygen atoms in total. The van der Waals surface area contributed by atoms with Gasteiger partial charge in [0.05, 0.1) is 24.4 Å². The molecule has 0 amide bonds. The van der Waals surface area contributed by atoms with E-state index in [0.717, 1.165) is 0 Å². The van der Waals surface area contributed by atoms with E-state index < -0.39 is 100 Å². The molecule has 13 heteroatoms. The Morgan fingerprint density at radius 2 is 1.63 bits per heavy atom. The number of rotatable bonds is 10. The molecule has 270 valence electrons. The van der Waals surface area contributed by atoms with E-state index in [2.05, 4.69) is 4.90 Å². The minimum atomic E-state index is -1.86. The molecule has 1 aromatic rings. The molecule has 1 aromatic carbocycles. The molecule has 6 aliphatic rings. The minimum Gasteiger partial charge on any atom is -0.462 e. The maximum Gasteiger partial charge on any atom is 0.338 e. The summed E-state index contributed by atoms with van der Waals surface area (Å²) in [5.74, 6) is -4.24. The third-order valence-corrected chi connectivity index (χ3v) is 13.4. The Labute approximate surface area is 286 Å². The highest BCUT2D eigenvalue weighted by molar-refractivity contribution is 5.89. The average molecular weight is 688 g/mol. The topological polar surface area (TPSA) is 160 Å². The zero-order valence-corrected chi connectivity index (χ0v) is 29.2. The lowest BCUT2D eigenvalue weighted by Gasteiger charge is -2.70. The standard InChI is InChI=1S/C36H49NO12/c1-8-37-16-33(17-43-4)22(47-18(2)38)14-23(44-5)35-21-15-34(42)30(48-32(41)20-12-10-9-11-13-20)24(21)36(49-19(3)39,29(40)31(34)46-7)25(28(35)37)26(45-6)27(33)35/h9-13,21-31,40,42H,8,14-17H2,1-7H3/t21-,22?,23?,24-,25?,26?,27-,28-,29?,30?,31?,33?,34+,35?,36-/m1/s1. The largest absolute Gasteiger partial charge is 0.462 e. The number of hydrogen-bond acceptors (Lipinski definition) is 13. The number of esters is 3. The monoisotopic (exact) mass is 687 g/mol. The summed E-state index contributed by atoms with van der Waals surface area (Å²) in [4.78, 5) is 42.2. The van der Waals surface area contributed by atoms with E-state index in [0.29, 0.717) is 19.5 Å². The van der Waals surface area contributed by atoms with Gasteiger partial charge < -0.3 is 43.4 Å². The van der Waals surface area contributed by atoms with Crippen LogP contribution in [0.2, 0.25) is 0 Å². The highest BCUT2D eigenvalue weighted by Crippen LogP contribution is 2.80. The fourth-order valence-electron chi connectivity index (χ4n) is 12.7. The molecule has 7 rings (SSSR count). The first-order chi connectivity index (χ1) is 23.4. The molecule has 6 fully saturated rings. The molecule has 1 aliphatic heterocycles. The number of piperidine rings is 1. The van der Waals surface area contributed by atoms with Gasteiger partial charge in [0.2, 0.25) is 0 Å². The molecule has 1 spiro atoms. The van der Waals surface area contributed by atoms with Gasteiger partial charge in [-0.3, -0.25) is 14.5 Å². The van der Waals surface area contributed by atoms with Crippen molar-refractivity contribution in [2.45, 2.75) is 87.5 Å². The van der Waals surface area contributed by atoms with Crippen molar-refractivity contribution < 1.29 is 57.8 Å². The van der Waals surface area contributed by atoms with Crippen molar-refractivity contribution in [3.05, 3.63) is 35.9 Å². The number of aliphatic hydroxyl groups is 2.